The quantitative estimate of drug-likeness (QED) is 0.147. The molecule has 1 saturated heterocycles. The van der Waals surface area contributed by atoms with E-state index in [9.17, 15) is 4.79 Å². The molecule has 1 heterocycles. The third kappa shape index (κ3) is 15.1. The number of rotatable bonds is 17. The van der Waals surface area contributed by atoms with Crippen molar-refractivity contribution in [2.75, 3.05) is 13.2 Å². The van der Waals surface area contributed by atoms with Crippen molar-refractivity contribution < 1.29 is 14.3 Å². The number of ether oxygens (including phenoxy) is 2. The van der Waals surface area contributed by atoms with Crippen LogP contribution in [-0.2, 0) is 14.3 Å². The molecule has 0 radical (unpaired) electrons. The summed E-state index contributed by atoms with van der Waals surface area (Å²) < 4.78 is 11.0. The first-order valence-electron chi connectivity index (χ1n) is 12.1. The highest BCUT2D eigenvalue weighted by atomic mass is 16.6. The maximum absolute atomic E-state index is 11.8. The van der Waals surface area contributed by atoms with Crippen LogP contribution in [0, 0.1) is 5.92 Å². The predicted octanol–water partition coefficient (Wildman–Crippen LogP) is 7.38. The van der Waals surface area contributed by atoms with Gasteiger partial charge in [0.2, 0.25) is 0 Å². The number of allylic oxidation sites excluding steroid dienone is 2. The zero-order valence-electron chi connectivity index (χ0n) is 18.8. The molecule has 3 nitrogen and oxygen atoms in total. The highest BCUT2D eigenvalue weighted by Gasteiger charge is 2.20. The van der Waals surface area contributed by atoms with E-state index in [1.54, 1.807) is 0 Å². The Balaban J connectivity index is 1.80. The molecule has 28 heavy (non-hydrogen) atoms. The fourth-order valence-electron chi connectivity index (χ4n) is 3.78. The van der Waals surface area contributed by atoms with E-state index in [0.717, 1.165) is 32.3 Å². The van der Waals surface area contributed by atoms with E-state index < -0.39 is 0 Å². The van der Waals surface area contributed by atoms with Crippen molar-refractivity contribution >= 4 is 5.97 Å². The van der Waals surface area contributed by atoms with E-state index in [1.165, 1.54) is 70.6 Å². The van der Waals surface area contributed by atoms with Crippen LogP contribution in [0.25, 0.3) is 0 Å². The standard InChI is InChI=1S/C25H46O3/c1-3-4-5-6-7-8-9-10-11-12-13-14-15-16-17-18-25(26)28-22-24-21-23(2)19-20-27-24/h10-11,23-24H,3-9,12-22H2,1-2H3/b11-10-/t23-,24+/m1/s1. The summed E-state index contributed by atoms with van der Waals surface area (Å²) in [5, 5.41) is 0. The second-order valence-electron chi connectivity index (χ2n) is 8.64. The average molecular weight is 395 g/mol. The van der Waals surface area contributed by atoms with E-state index in [-0.39, 0.29) is 12.1 Å². The molecular weight excluding hydrogens is 348 g/mol. The summed E-state index contributed by atoms with van der Waals surface area (Å²) in [6.45, 7) is 5.75. The molecule has 1 aliphatic rings. The molecular formula is C25H46O3. The number of hydrogen-bond acceptors (Lipinski definition) is 3. The zero-order chi connectivity index (χ0) is 20.3. The van der Waals surface area contributed by atoms with Gasteiger partial charge in [0, 0.05) is 13.0 Å². The normalized spacial score (nSPS) is 19.9. The van der Waals surface area contributed by atoms with Crippen LogP contribution >= 0.6 is 0 Å². The Morgan fingerprint density at radius 1 is 0.929 bits per heavy atom. The van der Waals surface area contributed by atoms with E-state index in [2.05, 4.69) is 26.0 Å². The van der Waals surface area contributed by atoms with Gasteiger partial charge in [0.05, 0.1) is 6.10 Å². The van der Waals surface area contributed by atoms with E-state index in [4.69, 9.17) is 9.47 Å². The molecule has 0 spiro atoms. The molecule has 1 rings (SSSR count). The van der Waals surface area contributed by atoms with Gasteiger partial charge in [-0.05, 0) is 50.9 Å². The lowest BCUT2D eigenvalue weighted by molar-refractivity contribution is -0.150. The SMILES string of the molecule is CCCCCCCC/C=C\CCCCCCCC(=O)OC[C@@H]1C[C@H](C)CCO1. The molecule has 1 fully saturated rings. The highest BCUT2D eigenvalue weighted by molar-refractivity contribution is 5.69. The Bertz CT molecular complexity index is 391. The summed E-state index contributed by atoms with van der Waals surface area (Å²) in [5.74, 6) is 0.627. The number of carbonyl (C=O) groups is 1. The molecule has 0 aromatic heterocycles. The molecule has 164 valence electrons. The van der Waals surface area contributed by atoms with Crippen LogP contribution in [-0.4, -0.2) is 25.3 Å². The van der Waals surface area contributed by atoms with Crippen LogP contribution in [0.4, 0.5) is 0 Å². The molecule has 0 saturated carbocycles. The lowest BCUT2D eigenvalue weighted by atomic mass is 9.98. The first-order valence-corrected chi connectivity index (χ1v) is 12.1. The van der Waals surface area contributed by atoms with Crippen molar-refractivity contribution in [2.45, 2.75) is 123 Å². The van der Waals surface area contributed by atoms with Crippen molar-refractivity contribution in [3.63, 3.8) is 0 Å². The number of esters is 1. The third-order valence-electron chi connectivity index (χ3n) is 5.70. The average Bonchev–Trinajstić information content (AvgIpc) is 2.69. The molecule has 0 unspecified atom stereocenters. The monoisotopic (exact) mass is 394 g/mol. The summed E-state index contributed by atoms with van der Waals surface area (Å²) in [5.41, 5.74) is 0. The Labute approximate surface area is 174 Å². The van der Waals surface area contributed by atoms with Gasteiger partial charge in [-0.3, -0.25) is 4.79 Å². The minimum atomic E-state index is -0.0561. The van der Waals surface area contributed by atoms with Gasteiger partial charge in [-0.2, -0.15) is 0 Å². The van der Waals surface area contributed by atoms with Gasteiger partial charge in [0.1, 0.15) is 6.61 Å². The van der Waals surface area contributed by atoms with E-state index >= 15 is 0 Å². The maximum atomic E-state index is 11.8. The van der Waals surface area contributed by atoms with Gasteiger partial charge in [-0.15, -0.1) is 0 Å². The minimum Gasteiger partial charge on any atom is -0.463 e. The first kappa shape index (κ1) is 25.2. The number of unbranched alkanes of at least 4 members (excludes halogenated alkanes) is 11. The fraction of sp³-hybridized carbons (Fsp3) is 0.880. The van der Waals surface area contributed by atoms with Gasteiger partial charge < -0.3 is 9.47 Å². The summed E-state index contributed by atoms with van der Waals surface area (Å²) in [6, 6.07) is 0. The van der Waals surface area contributed by atoms with Gasteiger partial charge in [-0.25, -0.2) is 0 Å². The van der Waals surface area contributed by atoms with Crippen LogP contribution in [0.2, 0.25) is 0 Å². The molecule has 0 bridgehead atoms. The van der Waals surface area contributed by atoms with Crippen molar-refractivity contribution in [1.29, 1.82) is 0 Å². The molecule has 0 N–H and O–H groups in total. The van der Waals surface area contributed by atoms with Crippen molar-refractivity contribution in [1.82, 2.24) is 0 Å². The van der Waals surface area contributed by atoms with Gasteiger partial charge in [0.15, 0.2) is 0 Å². The number of carbonyl (C=O) groups excluding carboxylic acids is 1. The van der Waals surface area contributed by atoms with Crippen molar-refractivity contribution in [2.24, 2.45) is 5.92 Å². The summed E-state index contributed by atoms with van der Waals surface area (Å²) in [6.07, 6.45) is 24.1. The second-order valence-corrected chi connectivity index (χ2v) is 8.64. The van der Waals surface area contributed by atoms with Crippen molar-refractivity contribution in [3.05, 3.63) is 12.2 Å². The molecule has 0 aromatic carbocycles. The molecule has 0 aliphatic carbocycles. The largest absolute Gasteiger partial charge is 0.463 e. The van der Waals surface area contributed by atoms with Crippen LogP contribution in [0.15, 0.2) is 12.2 Å². The minimum absolute atomic E-state index is 0.0561. The van der Waals surface area contributed by atoms with Crippen LogP contribution in [0.5, 0.6) is 0 Å². The lowest BCUT2D eigenvalue weighted by Gasteiger charge is -2.26. The fourth-order valence-corrected chi connectivity index (χ4v) is 3.78. The molecule has 0 aromatic rings. The predicted molar refractivity (Wildman–Crippen MR) is 119 cm³/mol. The topological polar surface area (TPSA) is 35.5 Å². The van der Waals surface area contributed by atoms with Crippen molar-refractivity contribution in [3.8, 4) is 0 Å². The smallest absolute Gasteiger partial charge is 0.305 e. The molecule has 0 amide bonds. The summed E-state index contributed by atoms with van der Waals surface area (Å²) >= 11 is 0. The van der Waals surface area contributed by atoms with Crippen LogP contribution < -0.4 is 0 Å². The maximum Gasteiger partial charge on any atom is 0.305 e. The molecule has 1 aliphatic heterocycles. The molecule has 2 atom stereocenters. The first-order chi connectivity index (χ1) is 13.7. The van der Waals surface area contributed by atoms with E-state index in [0.29, 0.717) is 18.9 Å². The van der Waals surface area contributed by atoms with Crippen LogP contribution in [0.1, 0.15) is 117 Å². The van der Waals surface area contributed by atoms with Crippen LogP contribution in [0.3, 0.4) is 0 Å². The Morgan fingerprint density at radius 2 is 1.54 bits per heavy atom. The Hall–Kier alpha value is -0.830. The highest BCUT2D eigenvalue weighted by Crippen LogP contribution is 2.19. The lowest BCUT2D eigenvalue weighted by Crippen LogP contribution is -2.29. The Kier molecular flexibility index (Phi) is 16.4. The van der Waals surface area contributed by atoms with Gasteiger partial charge in [0.25, 0.3) is 0 Å². The van der Waals surface area contributed by atoms with E-state index in [1.807, 2.05) is 0 Å². The number of hydrogen-bond donors (Lipinski definition) is 0. The van der Waals surface area contributed by atoms with Gasteiger partial charge in [-0.1, -0.05) is 77.4 Å². The van der Waals surface area contributed by atoms with Gasteiger partial charge >= 0.3 is 5.97 Å². The Morgan fingerprint density at radius 3 is 2.18 bits per heavy atom. The molecule has 3 heteroatoms. The summed E-state index contributed by atoms with van der Waals surface area (Å²) in [7, 11) is 0. The zero-order valence-corrected chi connectivity index (χ0v) is 18.8. The second kappa shape index (κ2) is 18.2. The summed E-state index contributed by atoms with van der Waals surface area (Å²) in [4.78, 5) is 11.8. The third-order valence-corrected chi connectivity index (χ3v) is 5.70.